The fraction of sp³-hybridized carbons (Fsp3) is 0.538. The second kappa shape index (κ2) is 4.95. The van der Waals surface area contributed by atoms with Crippen LogP contribution in [-0.2, 0) is 10.3 Å². The number of rotatable bonds is 2. The van der Waals surface area contributed by atoms with E-state index in [1.54, 1.807) is 0 Å². The van der Waals surface area contributed by atoms with Gasteiger partial charge in [-0.2, -0.15) is 0 Å². The van der Waals surface area contributed by atoms with Crippen LogP contribution in [0.5, 0.6) is 0 Å². The zero-order valence-corrected chi connectivity index (χ0v) is 9.86. The van der Waals surface area contributed by atoms with Crippen molar-refractivity contribution in [3.63, 3.8) is 0 Å². The maximum Gasteiger partial charge on any atom is 0.107 e. The van der Waals surface area contributed by atoms with E-state index in [2.05, 4.69) is 24.1 Å². The molecule has 1 heterocycles. The minimum atomic E-state index is -0.286. The molecule has 1 aromatic carbocycles. The SMILES string of the molecule is CN1CCOC(CN)(c2ccccc2)CC1. The van der Waals surface area contributed by atoms with Gasteiger partial charge in [-0.25, -0.2) is 0 Å². The van der Waals surface area contributed by atoms with Gasteiger partial charge in [-0.3, -0.25) is 0 Å². The summed E-state index contributed by atoms with van der Waals surface area (Å²) in [4.78, 5) is 2.29. The molecule has 0 radical (unpaired) electrons. The Hall–Kier alpha value is -0.900. The van der Waals surface area contributed by atoms with E-state index in [1.165, 1.54) is 5.56 Å². The van der Waals surface area contributed by atoms with Crippen LogP contribution in [-0.4, -0.2) is 38.2 Å². The van der Waals surface area contributed by atoms with Crippen molar-refractivity contribution >= 4 is 0 Å². The van der Waals surface area contributed by atoms with E-state index >= 15 is 0 Å². The molecule has 0 aliphatic carbocycles. The molecule has 1 aliphatic heterocycles. The minimum Gasteiger partial charge on any atom is -0.368 e. The molecule has 2 rings (SSSR count). The van der Waals surface area contributed by atoms with Gasteiger partial charge in [0.15, 0.2) is 0 Å². The molecule has 0 spiro atoms. The molecule has 0 bridgehead atoms. The highest BCUT2D eigenvalue weighted by molar-refractivity contribution is 5.23. The van der Waals surface area contributed by atoms with Gasteiger partial charge in [-0.1, -0.05) is 30.3 Å². The molecule has 2 N–H and O–H groups in total. The van der Waals surface area contributed by atoms with Crippen molar-refractivity contribution < 1.29 is 4.74 Å². The molecule has 1 unspecified atom stereocenters. The van der Waals surface area contributed by atoms with Crippen LogP contribution in [0, 0.1) is 0 Å². The van der Waals surface area contributed by atoms with Crippen LogP contribution in [0.1, 0.15) is 12.0 Å². The second-order valence-electron chi connectivity index (χ2n) is 4.47. The van der Waals surface area contributed by atoms with Crippen molar-refractivity contribution in [2.75, 3.05) is 33.3 Å². The van der Waals surface area contributed by atoms with Crippen molar-refractivity contribution in [2.24, 2.45) is 5.73 Å². The van der Waals surface area contributed by atoms with Crippen molar-refractivity contribution in [2.45, 2.75) is 12.0 Å². The number of nitrogens with zero attached hydrogens (tertiary/aromatic N) is 1. The number of likely N-dealkylation sites (N-methyl/N-ethyl adjacent to an activating group) is 1. The lowest BCUT2D eigenvalue weighted by Gasteiger charge is -2.31. The number of ether oxygens (including phenoxy) is 1. The van der Waals surface area contributed by atoms with Crippen LogP contribution in [0.3, 0.4) is 0 Å². The number of nitrogens with two attached hydrogens (primary N) is 1. The van der Waals surface area contributed by atoms with Gasteiger partial charge in [0.2, 0.25) is 0 Å². The Bertz CT molecular complexity index is 328. The standard InChI is InChI=1S/C13H20N2O/c1-15-8-7-13(11-14,16-10-9-15)12-5-3-2-4-6-12/h2-6H,7-11,14H2,1H3. The zero-order valence-electron chi connectivity index (χ0n) is 9.86. The topological polar surface area (TPSA) is 38.5 Å². The zero-order chi connectivity index (χ0) is 11.4. The lowest BCUT2D eigenvalue weighted by molar-refractivity contribution is -0.0359. The number of benzene rings is 1. The summed E-state index contributed by atoms with van der Waals surface area (Å²) in [6, 6.07) is 10.3. The molecule has 16 heavy (non-hydrogen) atoms. The summed E-state index contributed by atoms with van der Waals surface area (Å²) >= 11 is 0. The van der Waals surface area contributed by atoms with E-state index in [-0.39, 0.29) is 5.60 Å². The molecule has 0 saturated carbocycles. The van der Waals surface area contributed by atoms with Gasteiger partial charge in [0.25, 0.3) is 0 Å². The lowest BCUT2D eigenvalue weighted by Crippen LogP contribution is -2.38. The Labute approximate surface area is 97.2 Å². The van der Waals surface area contributed by atoms with E-state index < -0.39 is 0 Å². The Morgan fingerprint density at radius 3 is 2.75 bits per heavy atom. The Balaban J connectivity index is 2.25. The smallest absolute Gasteiger partial charge is 0.107 e. The molecule has 3 nitrogen and oxygen atoms in total. The largest absolute Gasteiger partial charge is 0.368 e. The van der Waals surface area contributed by atoms with Gasteiger partial charge >= 0.3 is 0 Å². The summed E-state index contributed by atoms with van der Waals surface area (Å²) < 4.78 is 6.03. The van der Waals surface area contributed by atoms with Crippen molar-refractivity contribution in [1.29, 1.82) is 0 Å². The first-order chi connectivity index (χ1) is 7.77. The highest BCUT2D eigenvalue weighted by Crippen LogP contribution is 2.30. The third kappa shape index (κ3) is 2.26. The molecule has 1 atom stereocenters. The van der Waals surface area contributed by atoms with Gasteiger partial charge in [0, 0.05) is 19.6 Å². The molecular formula is C13H20N2O. The fourth-order valence-electron chi connectivity index (χ4n) is 2.20. The maximum atomic E-state index is 6.03. The van der Waals surface area contributed by atoms with Gasteiger partial charge in [-0.15, -0.1) is 0 Å². The summed E-state index contributed by atoms with van der Waals surface area (Å²) in [5.41, 5.74) is 6.86. The molecule has 0 aromatic heterocycles. The molecule has 1 aliphatic rings. The molecule has 3 heteroatoms. The second-order valence-corrected chi connectivity index (χ2v) is 4.47. The quantitative estimate of drug-likeness (QED) is 0.813. The van der Waals surface area contributed by atoms with E-state index in [1.807, 2.05) is 18.2 Å². The van der Waals surface area contributed by atoms with Crippen molar-refractivity contribution in [1.82, 2.24) is 4.90 Å². The summed E-state index contributed by atoms with van der Waals surface area (Å²) in [5, 5.41) is 0. The summed E-state index contributed by atoms with van der Waals surface area (Å²) in [6.45, 7) is 3.31. The summed E-state index contributed by atoms with van der Waals surface area (Å²) in [6.07, 6.45) is 0.962. The number of hydrogen-bond donors (Lipinski definition) is 1. The van der Waals surface area contributed by atoms with Crippen molar-refractivity contribution in [3.8, 4) is 0 Å². The molecule has 1 saturated heterocycles. The third-order valence-corrected chi connectivity index (χ3v) is 3.38. The average Bonchev–Trinajstić information content (AvgIpc) is 2.53. The van der Waals surface area contributed by atoms with Gasteiger partial charge in [0.1, 0.15) is 5.60 Å². The normalized spacial score (nSPS) is 27.6. The van der Waals surface area contributed by atoms with Crippen LogP contribution in [0.25, 0.3) is 0 Å². The predicted molar refractivity (Wildman–Crippen MR) is 65.2 cm³/mol. The van der Waals surface area contributed by atoms with E-state index in [0.717, 1.165) is 26.1 Å². The van der Waals surface area contributed by atoms with Crippen molar-refractivity contribution in [3.05, 3.63) is 35.9 Å². The first-order valence-corrected chi connectivity index (χ1v) is 5.85. The van der Waals surface area contributed by atoms with E-state index in [9.17, 15) is 0 Å². The summed E-state index contributed by atoms with van der Waals surface area (Å²) in [5.74, 6) is 0. The van der Waals surface area contributed by atoms with Gasteiger partial charge in [0.05, 0.1) is 6.61 Å². The highest BCUT2D eigenvalue weighted by atomic mass is 16.5. The molecule has 0 amide bonds. The Morgan fingerprint density at radius 1 is 1.31 bits per heavy atom. The van der Waals surface area contributed by atoms with Crippen LogP contribution in [0.15, 0.2) is 30.3 Å². The molecule has 1 aromatic rings. The monoisotopic (exact) mass is 220 g/mol. The van der Waals surface area contributed by atoms with E-state index in [0.29, 0.717) is 6.54 Å². The molecule has 88 valence electrons. The van der Waals surface area contributed by atoms with Crippen LogP contribution < -0.4 is 5.73 Å². The Kier molecular flexibility index (Phi) is 3.59. The predicted octanol–water partition coefficient (Wildman–Crippen LogP) is 1.19. The third-order valence-electron chi connectivity index (χ3n) is 3.38. The highest BCUT2D eigenvalue weighted by Gasteiger charge is 2.33. The maximum absolute atomic E-state index is 6.03. The lowest BCUT2D eigenvalue weighted by atomic mass is 9.90. The number of hydrogen-bond acceptors (Lipinski definition) is 3. The van der Waals surface area contributed by atoms with Gasteiger partial charge < -0.3 is 15.4 Å². The summed E-state index contributed by atoms with van der Waals surface area (Å²) in [7, 11) is 2.13. The molecule has 1 fully saturated rings. The minimum absolute atomic E-state index is 0.286. The van der Waals surface area contributed by atoms with E-state index in [4.69, 9.17) is 10.5 Å². The van der Waals surface area contributed by atoms with Crippen LogP contribution >= 0.6 is 0 Å². The first-order valence-electron chi connectivity index (χ1n) is 5.85. The molecular weight excluding hydrogens is 200 g/mol. The van der Waals surface area contributed by atoms with Crippen LogP contribution in [0.2, 0.25) is 0 Å². The van der Waals surface area contributed by atoms with Gasteiger partial charge in [-0.05, 0) is 19.0 Å². The Morgan fingerprint density at radius 2 is 2.06 bits per heavy atom. The van der Waals surface area contributed by atoms with Crippen LogP contribution in [0.4, 0.5) is 0 Å². The average molecular weight is 220 g/mol. The first kappa shape index (κ1) is 11.6. The fourth-order valence-corrected chi connectivity index (χ4v) is 2.20.